The van der Waals surface area contributed by atoms with E-state index in [4.69, 9.17) is 5.73 Å². The first kappa shape index (κ1) is 13.0. The molecule has 0 spiro atoms. The van der Waals surface area contributed by atoms with Gasteiger partial charge in [0, 0.05) is 6.04 Å². The fourth-order valence-corrected chi connectivity index (χ4v) is 3.58. The molecule has 1 fully saturated rings. The van der Waals surface area contributed by atoms with E-state index in [1.165, 1.54) is 19.3 Å². The Kier molecular flexibility index (Phi) is 4.22. The van der Waals surface area contributed by atoms with E-state index in [-0.39, 0.29) is 0 Å². The van der Waals surface area contributed by atoms with Crippen LogP contribution in [0.15, 0.2) is 0 Å². The molecule has 0 aromatic heterocycles. The summed E-state index contributed by atoms with van der Waals surface area (Å²) in [6.07, 6.45) is 5.40. The highest BCUT2D eigenvalue weighted by atomic mass is 14.6. The first-order valence-electron chi connectivity index (χ1n) is 6.57. The zero-order chi connectivity index (χ0) is 11.6. The topological polar surface area (TPSA) is 26.0 Å². The van der Waals surface area contributed by atoms with E-state index in [2.05, 4.69) is 34.6 Å². The fourth-order valence-electron chi connectivity index (χ4n) is 3.58. The van der Waals surface area contributed by atoms with Gasteiger partial charge in [-0.05, 0) is 55.8 Å². The predicted octanol–water partition coefficient (Wildman–Crippen LogP) is 3.82. The Morgan fingerprint density at radius 1 is 1.13 bits per heavy atom. The van der Waals surface area contributed by atoms with Gasteiger partial charge in [0.25, 0.3) is 0 Å². The summed E-state index contributed by atoms with van der Waals surface area (Å²) < 4.78 is 0. The third-order valence-corrected chi connectivity index (χ3v) is 4.13. The lowest BCUT2D eigenvalue weighted by Crippen LogP contribution is -2.35. The smallest absolute Gasteiger partial charge is 0.00156 e. The zero-order valence-electron chi connectivity index (χ0n) is 11.2. The van der Waals surface area contributed by atoms with E-state index < -0.39 is 0 Å². The molecule has 3 unspecified atom stereocenters. The van der Waals surface area contributed by atoms with Crippen molar-refractivity contribution in [3.8, 4) is 0 Å². The minimum Gasteiger partial charge on any atom is -0.328 e. The summed E-state index contributed by atoms with van der Waals surface area (Å²) in [6, 6.07) is 0.340. The molecule has 0 aromatic rings. The van der Waals surface area contributed by atoms with Gasteiger partial charge in [-0.2, -0.15) is 0 Å². The highest BCUT2D eigenvalue weighted by Gasteiger charge is 2.35. The van der Waals surface area contributed by atoms with Crippen LogP contribution in [0.5, 0.6) is 0 Å². The Morgan fingerprint density at radius 2 is 1.60 bits per heavy atom. The number of nitrogens with two attached hydrogens (primary N) is 1. The van der Waals surface area contributed by atoms with E-state index in [9.17, 15) is 0 Å². The zero-order valence-corrected chi connectivity index (χ0v) is 11.2. The van der Waals surface area contributed by atoms with Gasteiger partial charge in [0.1, 0.15) is 0 Å². The van der Waals surface area contributed by atoms with Crippen molar-refractivity contribution in [2.45, 2.75) is 66.3 Å². The highest BCUT2D eigenvalue weighted by molar-refractivity contribution is 4.86. The molecule has 0 aliphatic heterocycles. The predicted molar refractivity (Wildman–Crippen MR) is 67.7 cm³/mol. The van der Waals surface area contributed by atoms with Gasteiger partial charge in [-0.1, -0.05) is 27.7 Å². The molecule has 1 rings (SSSR count). The van der Waals surface area contributed by atoms with Crippen LogP contribution < -0.4 is 5.73 Å². The number of rotatable bonds is 3. The average molecular weight is 211 g/mol. The Labute approximate surface area is 95.8 Å². The van der Waals surface area contributed by atoms with E-state index in [0.29, 0.717) is 11.5 Å². The van der Waals surface area contributed by atoms with Gasteiger partial charge in [0.15, 0.2) is 0 Å². The maximum Gasteiger partial charge on any atom is 0.00156 e. The molecule has 3 atom stereocenters. The van der Waals surface area contributed by atoms with E-state index in [0.717, 1.165) is 24.2 Å². The summed E-state index contributed by atoms with van der Waals surface area (Å²) >= 11 is 0. The summed E-state index contributed by atoms with van der Waals surface area (Å²) in [4.78, 5) is 0. The summed E-state index contributed by atoms with van der Waals surface area (Å²) in [5.74, 6) is 2.69. The van der Waals surface area contributed by atoms with Gasteiger partial charge < -0.3 is 5.73 Å². The molecule has 1 aliphatic carbocycles. The van der Waals surface area contributed by atoms with Gasteiger partial charge in [0.05, 0.1) is 0 Å². The lowest BCUT2D eigenvalue weighted by molar-refractivity contribution is 0.0883. The molecular formula is C14H29N. The number of hydrogen-bond acceptors (Lipinski definition) is 1. The van der Waals surface area contributed by atoms with Crippen molar-refractivity contribution in [3.05, 3.63) is 0 Å². The average Bonchev–Trinajstić information content (AvgIpc) is 1.99. The van der Waals surface area contributed by atoms with Crippen LogP contribution in [0.25, 0.3) is 0 Å². The van der Waals surface area contributed by atoms with Crippen molar-refractivity contribution in [1.29, 1.82) is 0 Å². The van der Waals surface area contributed by atoms with E-state index in [1.54, 1.807) is 0 Å². The van der Waals surface area contributed by atoms with Crippen molar-refractivity contribution < 1.29 is 0 Å². The lowest BCUT2D eigenvalue weighted by atomic mass is 9.64. The van der Waals surface area contributed by atoms with Gasteiger partial charge >= 0.3 is 0 Å². The quantitative estimate of drug-likeness (QED) is 0.754. The van der Waals surface area contributed by atoms with Crippen LogP contribution in [0.1, 0.15) is 60.3 Å². The largest absolute Gasteiger partial charge is 0.328 e. The van der Waals surface area contributed by atoms with Gasteiger partial charge in [-0.15, -0.1) is 0 Å². The molecule has 1 heteroatoms. The minimum atomic E-state index is 0.340. The molecule has 1 aliphatic rings. The maximum atomic E-state index is 5.95. The van der Waals surface area contributed by atoms with Crippen molar-refractivity contribution in [3.63, 3.8) is 0 Å². The molecule has 90 valence electrons. The van der Waals surface area contributed by atoms with Crippen molar-refractivity contribution in [2.24, 2.45) is 28.9 Å². The van der Waals surface area contributed by atoms with Crippen LogP contribution in [0.4, 0.5) is 0 Å². The standard InChI is InChI=1S/C14H29N/c1-10-6-11(2)8-13(7-10)14(4,5)9-12(3)15/h10-13H,6-9,15H2,1-5H3. The molecule has 0 bridgehead atoms. The van der Waals surface area contributed by atoms with Crippen LogP contribution in [-0.2, 0) is 0 Å². The van der Waals surface area contributed by atoms with Crippen LogP contribution in [0, 0.1) is 23.2 Å². The van der Waals surface area contributed by atoms with Gasteiger partial charge in [-0.3, -0.25) is 0 Å². The second-order valence-electron chi connectivity index (χ2n) is 6.78. The first-order valence-corrected chi connectivity index (χ1v) is 6.57. The molecule has 1 saturated carbocycles. The van der Waals surface area contributed by atoms with Crippen molar-refractivity contribution in [1.82, 2.24) is 0 Å². The normalized spacial score (nSPS) is 35.2. The molecular weight excluding hydrogens is 182 g/mol. The fraction of sp³-hybridized carbons (Fsp3) is 1.00. The van der Waals surface area contributed by atoms with E-state index >= 15 is 0 Å². The molecule has 15 heavy (non-hydrogen) atoms. The molecule has 1 nitrogen and oxygen atoms in total. The van der Waals surface area contributed by atoms with Crippen molar-refractivity contribution >= 4 is 0 Å². The second-order valence-corrected chi connectivity index (χ2v) is 6.78. The molecule has 0 aromatic carbocycles. The first-order chi connectivity index (χ1) is 6.81. The van der Waals surface area contributed by atoms with Crippen LogP contribution >= 0.6 is 0 Å². The second kappa shape index (κ2) is 4.86. The molecule has 0 amide bonds. The summed E-state index contributed by atoms with van der Waals surface area (Å²) in [5.41, 5.74) is 6.38. The van der Waals surface area contributed by atoms with Crippen LogP contribution in [-0.4, -0.2) is 6.04 Å². The summed E-state index contributed by atoms with van der Waals surface area (Å²) in [7, 11) is 0. The third-order valence-electron chi connectivity index (χ3n) is 4.13. The maximum absolute atomic E-state index is 5.95. The molecule has 0 saturated heterocycles. The van der Waals surface area contributed by atoms with Gasteiger partial charge in [-0.25, -0.2) is 0 Å². The highest BCUT2D eigenvalue weighted by Crippen LogP contribution is 2.44. The van der Waals surface area contributed by atoms with Crippen LogP contribution in [0.3, 0.4) is 0 Å². The Balaban J connectivity index is 2.60. The molecule has 2 N–H and O–H groups in total. The lowest BCUT2D eigenvalue weighted by Gasteiger charge is -2.42. The summed E-state index contributed by atoms with van der Waals surface area (Å²) in [6.45, 7) is 11.8. The molecule has 0 heterocycles. The van der Waals surface area contributed by atoms with Gasteiger partial charge in [0.2, 0.25) is 0 Å². The SMILES string of the molecule is CC(N)CC(C)(C)C1CC(C)CC(C)C1. The third kappa shape index (κ3) is 3.79. The van der Waals surface area contributed by atoms with E-state index in [1.807, 2.05) is 0 Å². The molecule has 0 radical (unpaired) electrons. The number of hydrogen-bond donors (Lipinski definition) is 1. The van der Waals surface area contributed by atoms with Crippen molar-refractivity contribution in [2.75, 3.05) is 0 Å². The minimum absolute atomic E-state index is 0.340. The Bertz CT molecular complexity index is 186. The monoisotopic (exact) mass is 211 g/mol. The Hall–Kier alpha value is -0.0400. The Morgan fingerprint density at radius 3 is 2.00 bits per heavy atom. The van der Waals surface area contributed by atoms with Crippen LogP contribution in [0.2, 0.25) is 0 Å². The summed E-state index contributed by atoms with van der Waals surface area (Å²) in [5, 5.41) is 0.